The molecule has 0 saturated carbocycles. The Morgan fingerprint density at radius 3 is 2.86 bits per heavy atom. The molecule has 1 unspecified atom stereocenters. The number of H-pyrrole nitrogens is 1. The first-order valence-electron chi connectivity index (χ1n) is 4.04. The van der Waals surface area contributed by atoms with Gasteiger partial charge in [0, 0.05) is 18.8 Å². The van der Waals surface area contributed by atoms with Crippen LogP contribution >= 0.6 is 15.9 Å². The van der Waals surface area contributed by atoms with Crippen molar-refractivity contribution in [1.82, 2.24) is 20.0 Å². The van der Waals surface area contributed by atoms with Crippen LogP contribution in [-0.4, -0.2) is 25.1 Å². The van der Waals surface area contributed by atoms with Crippen molar-refractivity contribution in [3.05, 3.63) is 34.3 Å². The highest BCUT2D eigenvalue weighted by atomic mass is 79.9. The van der Waals surface area contributed by atoms with Crippen LogP contribution < -0.4 is 0 Å². The highest BCUT2D eigenvalue weighted by Gasteiger charge is 2.18. The average Bonchev–Trinajstić information content (AvgIpc) is 2.75. The Kier molecular flexibility index (Phi) is 2.39. The van der Waals surface area contributed by atoms with Gasteiger partial charge in [-0.15, -0.1) is 0 Å². The lowest BCUT2D eigenvalue weighted by Gasteiger charge is -2.09. The molecular weight excluding hydrogens is 248 g/mol. The number of aliphatic hydroxyl groups excluding tert-OH is 1. The summed E-state index contributed by atoms with van der Waals surface area (Å²) in [6.07, 6.45) is 4.18. The molecule has 74 valence electrons. The van der Waals surface area contributed by atoms with E-state index < -0.39 is 6.10 Å². The summed E-state index contributed by atoms with van der Waals surface area (Å²) >= 11 is 3.33. The van der Waals surface area contributed by atoms with Crippen molar-refractivity contribution in [1.29, 1.82) is 0 Å². The topological polar surface area (TPSA) is 66.7 Å². The molecule has 0 aliphatic rings. The lowest BCUT2D eigenvalue weighted by Crippen LogP contribution is -2.06. The van der Waals surface area contributed by atoms with Crippen LogP contribution in [0.1, 0.15) is 17.4 Å². The molecule has 6 heteroatoms. The lowest BCUT2D eigenvalue weighted by molar-refractivity contribution is 0.209. The van der Waals surface area contributed by atoms with Gasteiger partial charge in [-0.1, -0.05) is 0 Å². The van der Waals surface area contributed by atoms with Crippen LogP contribution in [0.5, 0.6) is 0 Å². The molecular formula is C8H9BrN4O. The second-order valence-corrected chi connectivity index (χ2v) is 3.79. The van der Waals surface area contributed by atoms with E-state index in [0.29, 0.717) is 11.3 Å². The number of hydrogen-bond acceptors (Lipinski definition) is 3. The van der Waals surface area contributed by atoms with Gasteiger partial charge in [0.15, 0.2) is 0 Å². The number of aromatic amines is 1. The fourth-order valence-corrected chi connectivity index (χ4v) is 1.86. The molecule has 14 heavy (non-hydrogen) atoms. The fraction of sp³-hybridized carbons (Fsp3) is 0.250. The minimum atomic E-state index is -0.712. The van der Waals surface area contributed by atoms with Gasteiger partial charge in [0.1, 0.15) is 6.10 Å². The van der Waals surface area contributed by atoms with Crippen LogP contribution in [0.25, 0.3) is 0 Å². The number of nitrogens with zero attached hydrogens (tertiary/aromatic N) is 3. The second kappa shape index (κ2) is 3.55. The third kappa shape index (κ3) is 1.46. The third-order valence-corrected chi connectivity index (χ3v) is 2.64. The Bertz CT molecular complexity index is 403. The van der Waals surface area contributed by atoms with Crippen molar-refractivity contribution < 1.29 is 5.11 Å². The first-order valence-corrected chi connectivity index (χ1v) is 4.83. The Morgan fingerprint density at radius 2 is 2.36 bits per heavy atom. The average molecular weight is 257 g/mol. The SMILES string of the molecule is Cn1ncc(Br)c1C(O)c1cn[nH]c1. The van der Waals surface area contributed by atoms with Crippen LogP contribution in [0.4, 0.5) is 0 Å². The summed E-state index contributed by atoms with van der Waals surface area (Å²) < 4.78 is 2.41. The van der Waals surface area contributed by atoms with E-state index in [1.165, 1.54) is 0 Å². The number of aryl methyl sites for hydroxylation is 1. The van der Waals surface area contributed by atoms with Gasteiger partial charge in [0.2, 0.25) is 0 Å². The molecule has 0 bridgehead atoms. The molecule has 1 atom stereocenters. The maximum atomic E-state index is 9.98. The summed E-state index contributed by atoms with van der Waals surface area (Å²) in [7, 11) is 1.78. The van der Waals surface area contributed by atoms with Gasteiger partial charge in [-0.25, -0.2) is 0 Å². The van der Waals surface area contributed by atoms with Gasteiger partial charge in [-0.2, -0.15) is 10.2 Å². The normalized spacial score (nSPS) is 13.1. The number of hydrogen-bond donors (Lipinski definition) is 2. The predicted octanol–water partition coefficient (Wildman–Crippen LogP) is 0.987. The second-order valence-electron chi connectivity index (χ2n) is 2.94. The van der Waals surface area contributed by atoms with Gasteiger partial charge in [0.25, 0.3) is 0 Å². The molecule has 2 heterocycles. The van der Waals surface area contributed by atoms with E-state index in [-0.39, 0.29) is 0 Å². The molecule has 0 amide bonds. The van der Waals surface area contributed by atoms with E-state index in [1.54, 1.807) is 30.3 Å². The smallest absolute Gasteiger partial charge is 0.125 e. The Labute approximate surface area is 88.9 Å². The monoisotopic (exact) mass is 256 g/mol. The summed E-state index contributed by atoms with van der Waals surface area (Å²) in [5, 5.41) is 20.4. The van der Waals surface area contributed by atoms with E-state index in [1.807, 2.05) is 0 Å². The largest absolute Gasteiger partial charge is 0.382 e. The fourth-order valence-electron chi connectivity index (χ4n) is 1.30. The maximum Gasteiger partial charge on any atom is 0.125 e. The van der Waals surface area contributed by atoms with Gasteiger partial charge in [0.05, 0.1) is 22.6 Å². The molecule has 0 radical (unpaired) electrons. The van der Waals surface area contributed by atoms with Crippen LogP contribution in [0.15, 0.2) is 23.1 Å². The number of aromatic nitrogens is 4. The van der Waals surface area contributed by atoms with Crippen LogP contribution in [-0.2, 0) is 7.05 Å². The van der Waals surface area contributed by atoms with Gasteiger partial charge in [-0.05, 0) is 15.9 Å². The Hall–Kier alpha value is -1.14. The van der Waals surface area contributed by atoms with Crippen LogP contribution in [0.2, 0.25) is 0 Å². The van der Waals surface area contributed by atoms with Gasteiger partial charge < -0.3 is 5.11 Å². The van der Waals surface area contributed by atoms with E-state index in [4.69, 9.17) is 0 Å². The standard InChI is InChI=1S/C8H9BrN4O/c1-13-7(6(9)4-12-13)8(14)5-2-10-11-3-5/h2-4,8,14H,1H3,(H,10,11). The lowest BCUT2D eigenvalue weighted by atomic mass is 10.1. The molecule has 5 nitrogen and oxygen atoms in total. The van der Waals surface area contributed by atoms with Crippen molar-refractivity contribution in [2.75, 3.05) is 0 Å². The van der Waals surface area contributed by atoms with E-state index in [2.05, 4.69) is 31.2 Å². The quantitative estimate of drug-likeness (QED) is 0.842. The minimum Gasteiger partial charge on any atom is -0.382 e. The third-order valence-electron chi connectivity index (χ3n) is 2.03. The molecule has 0 aromatic carbocycles. The number of nitrogens with one attached hydrogen (secondary N) is 1. The van der Waals surface area contributed by atoms with Crippen molar-refractivity contribution >= 4 is 15.9 Å². The zero-order valence-electron chi connectivity index (χ0n) is 7.48. The Balaban J connectivity index is 2.41. The van der Waals surface area contributed by atoms with Crippen molar-refractivity contribution in [3.63, 3.8) is 0 Å². The molecule has 2 aromatic heterocycles. The minimum absolute atomic E-state index is 0.712. The molecule has 2 aromatic rings. The van der Waals surface area contributed by atoms with E-state index in [0.717, 1.165) is 4.47 Å². The van der Waals surface area contributed by atoms with E-state index in [9.17, 15) is 5.11 Å². The highest BCUT2D eigenvalue weighted by Crippen LogP contribution is 2.26. The van der Waals surface area contributed by atoms with Crippen LogP contribution in [0, 0.1) is 0 Å². The van der Waals surface area contributed by atoms with Gasteiger partial charge in [-0.3, -0.25) is 9.78 Å². The molecule has 0 spiro atoms. The van der Waals surface area contributed by atoms with E-state index >= 15 is 0 Å². The first-order chi connectivity index (χ1) is 6.70. The predicted molar refractivity (Wildman–Crippen MR) is 53.6 cm³/mol. The highest BCUT2D eigenvalue weighted by molar-refractivity contribution is 9.10. The zero-order valence-corrected chi connectivity index (χ0v) is 9.06. The molecule has 2 rings (SSSR count). The van der Waals surface area contributed by atoms with Crippen molar-refractivity contribution in [3.8, 4) is 0 Å². The van der Waals surface area contributed by atoms with Crippen molar-refractivity contribution in [2.24, 2.45) is 7.05 Å². The zero-order chi connectivity index (χ0) is 10.1. The van der Waals surface area contributed by atoms with Gasteiger partial charge >= 0.3 is 0 Å². The number of rotatable bonds is 2. The Morgan fingerprint density at radius 1 is 1.57 bits per heavy atom. The molecule has 0 aliphatic heterocycles. The number of aliphatic hydroxyl groups is 1. The summed E-state index contributed by atoms with van der Waals surface area (Å²) in [5.74, 6) is 0. The molecule has 0 saturated heterocycles. The van der Waals surface area contributed by atoms with Crippen LogP contribution in [0.3, 0.4) is 0 Å². The molecule has 2 N–H and O–H groups in total. The summed E-state index contributed by atoms with van der Waals surface area (Å²) in [6, 6.07) is 0. The number of halogens is 1. The maximum absolute atomic E-state index is 9.98. The van der Waals surface area contributed by atoms with Crippen molar-refractivity contribution in [2.45, 2.75) is 6.10 Å². The molecule has 0 aliphatic carbocycles. The summed E-state index contributed by atoms with van der Waals surface area (Å²) in [6.45, 7) is 0. The first kappa shape index (κ1) is 9.42. The molecule has 0 fully saturated rings. The summed E-state index contributed by atoms with van der Waals surface area (Å²) in [4.78, 5) is 0. The summed E-state index contributed by atoms with van der Waals surface area (Å²) in [5.41, 5.74) is 1.43.